The molecule has 0 aliphatic heterocycles. The summed E-state index contributed by atoms with van der Waals surface area (Å²) in [6, 6.07) is 38.1. The van der Waals surface area contributed by atoms with E-state index in [1.54, 1.807) is 0 Å². The van der Waals surface area contributed by atoms with Crippen molar-refractivity contribution >= 4 is 50.6 Å². The summed E-state index contributed by atoms with van der Waals surface area (Å²) in [5.41, 5.74) is 10.1. The van der Waals surface area contributed by atoms with Crippen molar-refractivity contribution in [3.8, 4) is 11.1 Å². The average Bonchev–Trinajstić information content (AvgIpc) is 3.40. The summed E-state index contributed by atoms with van der Waals surface area (Å²) >= 11 is 6.32. The third kappa shape index (κ3) is 2.98. The SMILES string of the molecule is CC1(C)c2ccccc2-c2c(N(c3ccc(Cl)cc3)c3cccc4c3oc3ccccc34)cccc21. The van der Waals surface area contributed by atoms with Gasteiger partial charge < -0.3 is 9.32 Å². The van der Waals surface area contributed by atoms with E-state index in [-0.39, 0.29) is 5.41 Å². The van der Waals surface area contributed by atoms with Gasteiger partial charge in [0.2, 0.25) is 0 Å². The van der Waals surface area contributed by atoms with Crippen LogP contribution in [0.4, 0.5) is 17.1 Å². The molecule has 174 valence electrons. The van der Waals surface area contributed by atoms with Crippen molar-refractivity contribution in [3.63, 3.8) is 0 Å². The average molecular weight is 486 g/mol. The minimum Gasteiger partial charge on any atom is -0.454 e. The molecule has 0 atom stereocenters. The summed E-state index contributed by atoms with van der Waals surface area (Å²) in [6.45, 7) is 4.63. The van der Waals surface area contributed by atoms with Gasteiger partial charge in [-0.3, -0.25) is 0 Å². The van der Waals surface area contributed by atoms with E-state index in [0.717, 1.165) is 39.0 Å². The zero-order valence-corrected chi connectivity index (χ0v) is 20.9. The second kappa shape index (κ2) is 7.74. The zero-order chi connectivity index (χ0) is 24.4. The lowest BCUT2D eigenvalue weighted by Crippen LogP contribution is -2.16. The zero-order valence-electron chi connectivity index (χ0n) is 20.1. The highest BCUT2D eigenvalue weighted by Crippen LogP contribution is 2.54. The van der Waals surface area contributed by atoms with Gasteiger partial charge in [0.1, 0.15) is 5.58 Å². The van der Waals surface area contributed by atoms with Gasteiger partial charge in [-0.05, 0) is 59.2 Å². The summed E-state index contributed by atoms with van der Waals surface area (Å²) in [6.07, 6.45) is 0. The predicted octanol–water partition coefficient (Wildman–Crippen LogP) is 10.0. The van der Waals surface area contributed by atoms with E-state index in [1.807, 2.05) is 24.3 Å². The quantitative estimate of drug-likeness (QED) is 0.248. The third-order valence-electron chi connectivity index (χ3n) is 7.54. The van der Waals surface area contributed by atoms with E-state index in [2.05, 4.69) is 104 Å². The first-order valence-electron chi connectivity index (χ1n) is 12.2. The fourth-order valence-corrected chi connectivity index (χ4v) is 5.95. The maximum absolute atomic E-state index is 6.49. The molecule has 1 aromatic heterocycles. The fourth-order valence-electron chi connectivity index (χ4n) is 5.83. The lowest BCUT2D eigenvalue weighted by molar-refractivity contribution is 0.660. The Morgan fingerprint density at radius 3 is 2.17 bits per heavy atom. The molecule has 0 bridgehead atoms. The molecule has 0 amide bonds. The molecule has 0 saturated carbocycles. The van der Waals surface area contributed by atoms with Crippen LogP contribution in [0.2, 0.25) is 5.02 Å². The van der Waals surface area contributed by atoms with Gasteiger partial charge in [0, 0.05) is 32.5 Å². The molecule has 0 saturated heterocycles. The van der Waals surface area contributed by atoms with E-state index >= 15 is 0 Å². The van der Waals surface area contributed by atoms with Crippen molar-refractivity contribution < 1.29 is 4.42 Å². The Hall–Kier alpha value is -4.01. The van der Waals surface area contributed by atoms with Crippen LogP contribution in [0.5, 0.6) is 0 Å². The summed E-state index contributed by atoms with van der Waals surface area (Å²) < 4.78 is 6.49. The van der Waals surface area contributed by atoms with E-state index in [4.69, 9.17) is 16.0 Å². The van der Waals surface area contributed by atoms with Crippen LogP contribution in [-0.2, 0) is 5.41 Å². The lowest BCUT2D eigenvalue weighted by Gasteiger charge is -2.28. The molecule has 0 fully saturated rings. The lowest BCUT2D eigenvalue weighted by atomic mass is 9.82. The highest BCUT2D eigenvalue weighted by molar-refractivity contribution is 6.30. The van der Waals surface area contributed by atoms with Crippen molar-refractivity contribution in [1.82, 2.24) is 0 Å². The van der Waals surface area contributed by atoms with Crippen LogP contribution in [0.15, 0.2) is 114 Å². The molecule has 3 heteroatoms. The van der Waals surface area contributed by atoms with Crippen LogP contribution >= 0.6 is 11.6 Å². The van der Waals surface area contributed by atoms with Gasteiger partial charge in [-0.15, -0.1) is 0 Å². The van der Waals surface area contributed by atoms with Crippen LogP contribution in [0.25, 0.3) is 33.1 Å². The smallest absolute Gasteiger partial charge is 0.159 e. The molecule has 1 aliphatic carbocycles. The van der Waals surface area contributed by atoms with E-state index in [9.17, 15) is 0 Å². The molecule has 0 unspecified atom stereocenters. The molecular weight excluding hydrogens is 462 g/mol. The molecule has 2 nitrogen and oxygen atoms in total. The summed E-state index contributed by atoms with van der Waals surface area (Å²) in [4.78, 5) is 2.32. The second-order valence-corrected chi connectivity index (χ2v) is 10.4. The molecule has 1 aliphatic rings. The molecule has 0 N–H and O–H groups in total. The number of fused-ring (bicyclic) bond motifs is 6. The number of rotatable bonds is 3. The Bertz CT molecular complexity index is 1780. The molecule has 1 heterocycles. The molecule has 0 spiro atoms. The Labute approximate surface area is 215 Å². The minimum absolute atomic E-state index is 0.0844. The van der Waals surface area contributed by atoms with Crippen LogP contribution in [0.1, 0.15) is 25.0 Å². The number of hydrogen-bond acceptors (Lipinski definition) is 2. The first-order chi connectivity index (χ1) is 17.5. The molecule has 6 aromatic rings. The van der Waals surface area contributed by atoms with Crippen molar-refractivity contribution in [1.29, 1.82) is 0 Å². The van der Waals surface area contributed by atoms with Gasteiger partial charge in [-0.2, -0.15) is 0 Å². The van der Waals surface area contributed by atoms with Crippen LogP contribution < -0.4 is 4.90 Å². The Kier molecular flexibility index (Phi) is 4.58. The van der Waals surface area contributed by atoms with E-state index in [0.29, 0.717) is 5.02 Å². The number of benzene rings is 5. The number of furan rings is 1. The largest absolute Gasteiger partial charge is 0.454 e. The molecular formula is C33H24ClNO. The highest BCUT2D eigenvalue weighted by atomic mass is 35.5. The van der Waals surface area contributed by atoms with E-state index in [1.165, 1.54) is 22.3 Å². The van der Waals surface area contributed by atoms with Crippen LogP contribution in [0.3, 0.4) is 0 Å². The fraction of sp³-hybridized carbons (Fsp3) is 0.0909. The molecule has 36 heavy (non-hydrogen) atoms. The molecule has 0 radical (unpaired) electrons. The molecule has 7 rings (SSSR count). The highest BCUT2D eigenvalue weighted by Gasteiger charge is 2.37. The summed E-state index contributed by atoms with van der Waals surface area (Å²) in [5, 5.41) is 2.94. The Morgan fingerprint density at radius 2 is 1.31 bits per heavy atom. The van der Waals surface area contributed by atoms with Gasteiger partial charge in [0.25, 0.3) is 0 Å². The van der Waals surface area contributed by atoms with Crippen molar-refractivity contribution in [2.75, 3.05) is 4.90 Å². The third-order valence-corrected chi connectivity index (χ3v) is 7.79. The topological polar surface area (TPSA) is 16.4 Å². The monoisotopic (exact) mass is 485 g/mol. The maximum atomic E-state index is 6.49. The van der Waals surface area contributed by atoms with Gasteiger partial charge in [-0.25, -0.2) is 0 Å². The standard InChI is InChI=1S/C33H24ClNO/c1-33(2)26-12-5-3-10-25(26)31-27(33)13-8-14-28(31)35(22-19-17-21(34)18-20-22)29-15-7-11-24-23-9-4-6-16-30(23)36-32(24)29/h3-20H,1-2H3. The molecule has 5 aromatic carbocycles. The van der Waals surface area contributed by atoms with Crippen molar-refractivity contribution in [3.05, 3.63) is 125 Å². The minimum atomic E-state index is -0.0844. The Balaban J connectivity index is 1.57. The first-order valence-corrected chi connectivity index (χ1v) is 12.6. The number of nitrogens with zero attached hydrogens (tertiary/aromatic N) is 1. The second-order valence-electron chi connectivity index (χ2n) is 9.93. The maximum Gasteiger partial charge on any atom is 0.159 e. The van der Waals surface area contributed by atoms with Gasteiger partial charge >= 0.3 is 0 Å². The number of hydrogen-bond donors (Lipinski definition) is 0. The van der Waals surface area contributed by atoms with Crippen LogP contribution in [0, 0.1) is 0 Å². The normalized spacial score (nSPS) is 13.6. The van der Waals surface area contributed by atoms with Crippen molar-refractivity contribution in [2.45, 2.75) is 19.3 Å². The van der Waals surface area contributed by atoms with Crippen molar-refractivity contribution in [2.24, 2.45) is 0 Å². The number of halogens is 1. The van der Waals surface area contributed by atoms with Gasteiger partial charge in [0.05, 0.1) is 11.4 Å². The predicted molar refractivity (Wildman–Crippen MR) is 151 cm³/mol. The summed E-state index contributed by atoms with van der Waals surface area (Å²) in [7, 11) is 0. The number of anilines is 3. The van der Waals surface area contributed by atoms with Gasteiger partial charge in [-0.1, -0.05) is 92.2 Å². The number of para-hydroxylation sites is 2. The van der Waals surface area contributed by atoms with Crippen LogP contribution in [-0.4, -0.2) is 0 Å². The Morgan fingerprint density at radius 1 is 0.639 bits per heavy atom. The summed E-state index contributed by atoms with van der Waals surface area (Å²) in [5.74, 6) is 0. The first kappa shape index (κ1) is 21.3. The van der Waals surface area contributed by atoms with E-state index < -0.39 is 0 Å². The van der Waals surface area contributed by atoms with Gasteiger partial charge in [0.15, 0.2) is 5.58 Å².